The molecule has 2 aromatic rings. The highest BCUT2D eigenvalue weighted by Crippen LogP contribution is 2.28. The van der Waals surface area contributed by atoms with Crippen molar-refractivity contribution >= 4 is 57.4 Å². The lowest BCUT2D eigenvalue weighted by molar-refractivity contribution is -0.115. The molecule has 0 aliphatic rings. The Kier molecular flexibility index (Phi) is 6.60. The molecule has 0 saturated carbocycles. The standard InChI is InChI=1S/C12H17N5OS4/c1-6(2)5-8-15-16-10(21-8)13-9(18)7(3)20-12-14-11(19-4)17-22-12/h6-7H,5H2,1-4H3,(H,13,16,18)/t7-/m1/s1. The van der Waals surface area contributed by atoms with Gasteiger partial charge in [0, 0.05) is 6.42 Å². The van der Waals surface area contributed by atoms with Crippen LogP contribution in [0, 0.1) is 5.92 Å². The highest BCUT2D eigenvalue weighted by atomic mass is 32.2. The fraction of sp³-hybridized carbons (Fsp3) is 0.583. The van der Waals surface area contributed by atoms with E-state index in [1.54, 1.807) is 0 Å². The summed E-state index contributed by atoms with van der Waals surface area (Å²) in [7, 11) is 0. The molecule has 1 N–H and O–H groups in total. The molecule has 0 unspecified atom stereocenters. The first kappa shape index (κ1) is 17.6. The first-order valence-corrected chi connectivity index (χ1v) is 10.3. The second kappa shape index (κ2) is 8.23. The number of rotatable bonds is 7. The van der Waals surface area contributed by atoms with Crippen LogP contribution in [0.3, 0.4) is 0 Å². The topological polar surface area (TPSA) is 80.7 Å². The Bertz CT molecular complexity index is 627. The van der Waals surface area contributed by atoms with Crippen molar-refractivity contribution in [1.82, 2.24) is 19.6 Å². The Morgan fingerprint density at radius 1 is 1.32 bits per heavy atom. The van der Waals surface area contributed by atoms with Gasteiger partial charge in [-0.15, -0.1) is 10.2 Å². The van der Waals surface area contributed by atoms with E-state index >= 15 is 0 Å². The Morgan fingerprint density at radius 3 is 2.73 bits per heavy atom. The first-order valence-electron chi connectivity index (χ1n) is 6.65. The molecule has 2 heterocycles. The van der Waals surface area contributed by atoms with E-state index in [1.807, 2.05) is 13.2 Å². The summed E-state index contributed by atoms with van der Waals surface area (Å²) in [5, 5.41) is 12.9. The molecule has 2 aromatic heterocycles. The molecule has 0 aromatic carbocycles. The normalized spacial score (nSPS) is 12.6. The lowest BCUT2D eigenvalue weighted by Gasteiger charge is -2.07. The molecule has 0 aliphatic carbocycles. The lowest BCUT2D eigenvalue weighted by Crippen LogP contribution is -2.22. The van der Waals surface area contributed by atoms with Gasteiger partial charge in [-0.25, -0.2) is 4.98 Å². The van der Waals surface area contributed by atoms with Crippen LogP contribution in [-0.4, -0.2) is 37.0 Å². The highest BCUT2D eigenvalue weighted by Gasteiger charge is 2.19. The van der Waals surface area contributed by atoms with E-state index in [2.05, 4.69) is 38.7 Å². The molecule has 0 aliphatic heterocycles. The summed E-state index contributed by atoms with van der Waals surface area (Å²) < 4.78 is 4.98. The van der Waals surface area contributed by atoms with Crippen molar-refractivity contribution in [1.29, 1.82) is 0 Å². The van der Waals surface area contributed by atoms with Crippen molar-refractivity contribution < 1.29 is 4.79 Å². The lowest BCUT2D eigenvalue weighted by atomic mass is 10.1. The summed E-state index contributed by atoms with van der Waals surface area (Å²) >= 11 is 5.64. The summed E-state index contributed by atoms with van der Waals surface area (Å²) in [5.74, 6) is 0.423. The van der Waals surface area contributed by atoms with E-state index < -0.39 is 0 Å². The van der Waals surface area contributed by atoms with Crippen LogP contribution in [0.5, 0.6) is 0 Å². The minimum absolute atomic E-state index is 0.0989. The third kappa shape index (κ3) is 5.18. The zero-order valence-electron chi connectivity index (χ0n) is 12.7. The summed E-state index contributed by atoms with van der Waals surface area (Å²) in [4.78, 5) is 16.5. The molecule has 0 radical (unpaired) electrons. The number of anilines is 1. The molecule has 1 amide bonds. The third-order valence-corrected chi connectivity index (χ3v) is 5.91. The van der Waals surface area contributed by atoms with Crippen LogP contribution in [-0.2, 0) is 11.2 Å². The molecule has 120 valence electrons. The fourth-order valence-corrected chi connectivity index (χ4v) is 4.79. The maximum Gasteiger partial charge on any atom is 0.239 e. The van der Waals surface area contributed by atoms with Crippen LogP contribution in [0.15, 0.2) is 9.50 Å². The monoisotopic (exact) mass is 375 g/mol. The molecule has 0 fully saturated rings. The average Bonchev–Trinajstić information content (AvgIpc) is 3.07. The van der Waals surface area contributed by atoms with Crippen LogP contribution >= 0.6 is 46.4 Å². The number of amides is 1. The van der Waals surface area contributed by atoms with Gasteiger partial charge < -0.3 is 0 Å². The SMILES string of the molecule is CSc1nsc(S[C@H](C)C(=O)Nc2nnc(CC(C)C)s2)n1. The zero-order chi connectivity index (χ0) is 16.1. The second-order valence-corrected chi connectivity index (χ2v) is 9.07. The number of hydrogen-bond acceptors (Lipinski definition) is 9. The Morgan fingerprint density at radius 2 is 2.09 bits per heavy atom. The Labute approximate surface area is 146 Å². The van der Waals surface area contributed by atoms with Crippen LogP contribution in [0.2, 0.25) is 0 Å². The number of carbonyl (C=O) groups excluding carboxylic acids is 1. The molecule has 2 rings (SSSR count). The number of hydrogen-bond donors (Lipinski definition) is 1. The minimum Gasteiger partial charge on any atom is -0.300 e. The van der Waals surface area contributed by atoms with E-state index in [0.717, 1.165) is 20.9 Å². The summed E-state index contributed by atoms with van der Waals surface area (Å²) in [6.45, 7) is 6.10. The van der Waals surface area contributed by atoms with Gasteiger partial charge >= 0.3 is 0 Å². The third-order valence-electron chi connectivity index (χ3n) is 2.50. The smallest absolute Gasteiger partial charge is 0.239 e. The number of carbonyl (C=O) groups is 1. The molecular formula is C12H17N5OS4. The fourth-order valence-electron chi connectivity index (χ4n) is 1.48. The van der Waals surface area contributed by atoms with Crippen molar-refractivity contribution in [2.75, 3.05) is 11.6 Å². The van der Waals surface area contributed by atoms with Gasteiger partial charge in [0.15, 0.2) is 4.34 Å². The van der Waals surface area contributed by atoms with Crippen LogP contribution in [0.4, 0.5) is 5.13 Å². The second-order valence-electron chi connectivity index (χ2n) is 4.90. The number of aromatic nitrogens is 4. The molecule has 0 saturated heterocycles. The van der Waals surface area contributed by atoms with Gasteiger partial charge in [-0.2, -0.15) is 4.37 Å². The average molecular weight is 376 g/mol. The van der Waals surface area contributed by atoms with Gasteiger partial charge in [0.2, 0.25) is 16.2 Å². The Hall–Kier alpha value is -0.710. The predicted octanol–water partition coefficient (Wildman–Crippen LogP) is 3.43. The molecule has 1 atom stereocenters. The van der Waals surface area contributed by atoms with E-state index in [-0.39, 0.29) is 11.2 Å². The summed E-state index contributed by atoms with van der Waals surface area (Å²) in [5.41, 5.74) is 0. The molecule has 22 heavy (non-hydrogen) atoms. The molecule has 0 spiro atoms. The Balaban J connectivity index is 1.89. The zero-order valence-corrected chi connectivity index (χ0v) is 16.0. The van der Waals surface area contributed by atoms with Crippen molar-refractivity contribution in [3.8, 4) is 0 Å². The maximum absolute atomic E-state index is 12.2. The molecular weight excluding hydrogens is 358 g/mol. The van der Waals surface area contributed by atoms with Gasteiger partial charge in [-0.1, -0.05) is 48.7 Å². The molecule has 0 bridgehead atoms. The van der Waals surface area contributed by atoms with Crippen LogP contribution in [0.1, 0.15) is 25.8 Å². The van der Waals surface area contributed by atoms with E-state index in [0.29, 0.717) is 11.0 Å². The maximum atomic E-state index is 12.2. The van der Waals surface area contributed by atoms with E-state index in [9.17, 15) is 4.79 Å². The van der Waals surface area contributed by atoms with Gasteiger partial charge in [-0.05, 0) is 30.6 Å². The van der Waals surface area contributed by atoms with E-state index in [1.165, 1.54) is 46.4 Å². The minimum atomic E-state index is -0.264. The van der Waals surface area contributed by atoms with Gasteiger partial charge in [-0.3, -0.25) is 10.1 Å². The van der Waals surface area contributed by atoms with Crippen molar-refractivity contribution in [2.24, 2.45) is 5.92 Å². The first-order chi connectivity index (χ1) is 10.5. The summed E-state index contributed by atoms with van der Waals surface area (Å²) in [6, 6.07) is 0. The molecule has 10 heteroatoms. The van der Waals surface area contributed by atoms with E-state index in [4.69, 9.17) is 0 Å². The largest absolute Gasteiger partial charge is 0.300 e. The van der Waals surface area contributed by atoms with Crippen molar-refractivity contribution in [3.05, 3.63) is 5.01 Å². The predicted molar refractivity (Wildman–Crippen MR) is 94.1 cm³/mol. The van der Waals surface area contributed by atoms with Crippen molar-refractivity contribution in [3.63, 3.8) is 0 Å². The van der Waals surface area contributed by atoms with Gasteiger partial charge in [0.05, 0.1) is 5.25 Å². The van der Waals surface area contributed by atoms with Gasteiger partial charge in [0.1, 0.15) is 5.01 Å². The van der Waals surface area contributed by atoms with Crippen molar-refractivity contribution in [2.45, 2.75) is 41.9 Å². The quantitative estimate of drug-likeness (QED) is 0.743. The van der Waals surface area contributed by atoms with Crippen LogP contribution < -0.4 is 5.32 Å². The number of nitrogens with one attached hydrogen (secondary N) is 1. The summed E-state index contributed by atoms with van der Waals surface area (Å²) in [6.07, 6.45) is 2.80. The number of thioether (sulfide) groups is 2. The number of nitrogens with zero attached hydrogens (tertiary/aromatic N) is 4. The van der Waals surface area contributed by atoms with Crippen LogP contribution in [0.25, 0.3) is 0 Å². The highest BCUT2D eigenvalue weighted by molar-refractivity contribution is 8.02. The molecule has 6 nitrogen and oxygen atoms in total. The van der Waals surface area contributed by atoms with Gasteiger partial charge in [0.25, 0.3) is 0 Å².